The van der Waals surface area contributed by atoms with E-state index in [-0.39, 0.29) is 29.5 Å². The Kier molecular flexibility index (Phi) is 4.66. The molecule has 1 saturated carbocycles. The highest BCUT2D eigenvalue weighted by Crippen LogP contribution is 2.49. The lowest BCUT2D eigenvalue weighted by Crippen LogP contribution is -2.46. The highest BCUT2D eigenvalue weighted by Gasteiger charge is 2.44. The summed E-state index contributed by atoms with van der Waals surface area (Å²) < 4.78 is 11.1. The topological polar surface area (TPSA) is 103 Å². The number of hydrogen-bond donors (Lipinski definition) is 1. The number of aromatic nitrogens is 2. The molecule has 2 fully saturated rings. The summed E-state index contributed by atoms with van der Waals surface area (Å²) in [5, 5.41) is 13.8. The summed E-state index contributed by atoms with van der Waals surface area (Å²) in [6, 6.07) is 0. The van der Waals surface area contributed by atoms with Gasteiger partial charge in [0.05, 0.1) is 18.8 Å². The van der Waals surface area contributed by atoms with Gasteiger partial charge in [0.15, 0.2) is 11.6 Å². The van der Waals surface area contributed by atoms with E-state index in [4.69, 9.17) is 9.26 Å². The first-order chi connectivity index (χ1) is 15.4. The van der Waals surface area contributed by atoms with Crippen molar-refractivity contribution in [3.63, 3.8) is 0 Å². The van der Waals surface area contributed by atoms with Crippen molar-refractivity contribution < 1.29 is 24.0 Å². The van der Waals surface area contributed by atoms with E-state index in [0.717, 1.165) is 68.6 Å². The highest BCUT2D eigenvalue weighted by molar-refractivity contribution is 7.12. The first-order valence-electron chi connectivity index (χ1n) is 11.5. The van der Waals surface area contributed by atoms with Gasteiger partial charge in [0.25, 0.3) is 5.89 Å². The second-order valence-corrected chi connectivity index (χ2v) is 11.1. The number of thiophene rings is 1. The van der Waals surface area contributed by atoms with Crippen molar-refractivity contribution in [2.45, 2.75) is 58.3 Å². The Hall–Kier alpha value is -2.32. The summed E-state index contributed by atoms with van der Waals surface area (Å²) in [6.45, 7) is 3.39. The molecule has 0 atom stereocenters. The van der Waals surface area contributed by atoms with Gasteiger partial charge < -0.3 is 14.4 Å². The minimum Gasteiger partial charge on any atom is -0.478 e. The molecule has 1 N–H and O–H groups in total. The monoisotopic (exact) mass is 454 g/mol. The van der Waals surface area contributed by atoms with E-state index >= 15 is 0 Å². The fourth-order valence-electron chi connectivity index (χ4n) is 6.22. The highest BCUT2D eigenvalue weighted by atomic mass is 32.1. The summed E-state index contributed by atoms with van der Waals surface area (Å²) in [7, 11) is 0. The number of ketones is 1. The quantitative estimate of drug-likeness (QED) is 0.730. The molecule has 1 spiro atoms. The van der Waals surface area contributed by atoms with Crippen LogP contribution in [0.5, 0.6) is 0 Å². The standard InChI is InChI=1S/C24H26N2O5S/c1-12-25-22(31-26-12)21-15-6-7-24(10-30-11-24)9-18(15)32-17(21)8-16(27)19-13-2-4-14(5-3-13)20(19)23(28)29/h13-14H,2-11H2,1H3,(H,28,29). The number of rotatable bonds is 5. The molecule has 1 aliphatic heterocycles. The van der Waals surface area contributed by atoms with Crippen LogP contribution in [0.2, 0.25) is 0 Å². The molecule has 4 aliphatic carbocycles. The van der Waals surface area contributed by atoms with Gasteiger partial charge >= 0.3 is 5.97 Å². The number of carboxylic acid groups (broad SMARTS) is 1. The van der Waals surface area contributed by atoms with Crippen LogP contribution in [0.15, 0.2) is 15.7 Å². The van der Waals surface area contributed by atoms with E-state index in [1.807, 2.05) is 0 Å². The number of aliphatic carboxylic acids is 1. The van der Waals surface area contributed by atoms with Gasteiger partial charge in [-0.05, 0) is 69.3 Å². The van der Waals surface area contributed by atoms with Crippen LogP contribution in [0.3, 0.4) is 0 Å². The molecular weight excluding hydrogens is 428 g/mol. The average molecular weight is 455 g/mol. The Morgan fingerprint density at radius 2 is 1.88 bits per heavy atom. The molecule has 7 rings (SSSR count). The normalized spacial score (nSPS) is 25.7. The second kappa shape index (κ2) is 7.35. The minimum absolute atomic E-state index is 0.0181. The third kappa shape index (κ3) is 3.10. The van der Waals surface area contributed by atoms with Crippen LogP contribution in [0.25, 0.3) is 11.5 Å². The van der Waals surface area contributed by atoms with Gasteiger partial charge in [-0.25, -0.2) is 4.79 Å². The van der Waals surface area contributed by atoms with Gasteiger partial charge in [-0.15, -0.1) is 11.3 Å². The van der Waals surface area contributed by atoms with Crippen molar-refractivity contribution in [3.05, 3.63) is 32.3 Å². The smallest absolute Gasteiger partial charge is 0.332 e. The molecule has 3 heterocycles. The average Bonchev–Trinajstić information content (AvgIpc) is 3.34. The van der Waals surface area contributed by atoms with E-state index in [9.17, 15) is 14.7 Å². The number of carbonyl (C=O) groups excluding carboxylic acids is 1. The van der Waals surface area contributed by atoms with Crippen molar-refractivity contribution in [1.82, 2.24) is 10.1 Å². The first-order valence-corrected chi connectivity index (χ1v) is 12.3. The summed E-state index contributed by atoms with van der Waals surface area (Å²) in [4.78, 5) is 32.3. The molecule has 0 unspecified atom stereocenters. The number of hydrogen-bond acceptors (Lipinski definition) is 7. The van der Waals surface area contributed by atoms with Gasteiger partial charge in [-0.1, -0.05) is 5.16 Å². The third-order valence-electron chi connectivity index (χ3n) is 7.85. The Morgan fingerprint density at radius 1 is 1.16 bits per heavy atom. The van der Waals surface area contributed by atoms with E-state index < -0.39 is 5.97 Å². The summed E-state index contributed by atoms with van der Waals surface area (Å²) in [5.41, 5.74) is 3.30. The zero-order valence-corrected chi connectivity index (χ0v) is 18.9. The van der Waals surface area contributed by atoms with E-state index in [2.05, 4.69) is 10.1 Å². The summed E-state index contributed by atoms with van der Waals surface area (Å²) >= 11 is 1.67. The number of carboxylic acids is 1. The Bertz CT molecular complexity index is 1150. The fourth-order valence-corrected chi connectivity index (χ4v) is 7.74. The van der Waals surface area contributed by atoms with Crippen molar-refractivity contribution >= 4 is 23.1 Å². The molecule has 2 bridgehead atoms. The molecule has 2 aromatic heterocycles. The van der Waals surface area contributed by atoms with Gasteiger partial charge in [0, 0.05) is 32.7 Å². The Balaban J connectivity index is 1.40. The van der Waals surface area contributed by atoms with Crippen molar-refractivity contribution in [2.75, 3.05) is 13.2 Å². The molecule has 1 saturated heterocycles. The first kappa shape index (κ1) is 20.3. The van der Waals surface area contributed by atoms with Gasteiger partial charge in [0.1, 0.15) is 0 Å². The lowest BCUT2D eigenvalue weighted by molar-refractivity contribution is -0.134. The lowest BCUT2D eigenvalue weighted by Gasteiger charge is -2.44. The van der Waals surface area contributed by atoms with E-state index in [1.165, 1.54) is 10.4 Å². The van der Waals surface area contributed by atoms with Crippen LogP contribution in [-0.4, -0.2) is 40.2 Å². The van der Waals surface area contributed by atoms with Crippen LogP contribution in [0, 0.1) is 24.2 Å². The number of ether oxygens (including phenoxy) is 1. The molecular formula is C24H26N2O5S. The van der Waals surface area contributed by atoms with Crippen LogP contribution < -0.4 is 0 Å². The predicted molar refractivity (Wildman–Crippen MR) is 116 cm³/mol. The van der Waals surface area contributed by atoms with Crippen LogP contribution in [-0.2, 0) is 33.6 Å². The van der Waals surface area contributed by atoms with Gasteiger partial charge in [-0.3, -0.25) is 4.79 Å². The molecule has 5 aliphatic rings. The lowest BCUT2D eigenvalue weighted by atomic mass is 9.65. The summed E-state index contributed by atoms with van der Waals surface area (Å²) in [6.07, 6.45) is 6.72. The van der Waals surface area contributed by atoms with Gasteiger partial charge in [0.2, 0.25) is 0 Å². The molecule has 0 radical (unpaired) electrons. The zero-order chi connectivity index (χ0) is 22.0. The SMILES string of the molecule is Cc1noc(-c2c(CC(=O)C3=C(C(=O)O)C4CCC3CC4)sc3c2CCC2(COC2)C3)n1. The van der Waals surface area contributed by atoms with E-state index in [1.54, 1.807) is 18.3 Å². The minimum atomic E-state index is -0.923. The Labute approximate surface area is 189 Å². The van der Waals surface area contributed by atoms with Crippen molar-refractivity contribution in [1.29, 1.82) is 0 Å². The molecule has 0 amide bonds. The molecule has 32 heavy (non-hydrogen) atoms. The van der Waals surface area contributed by atoms with Crippen LogP contribution in [0.1, 0.15) is 53.2 Å². The van der Waals surface area contributed by atoms with E-state index in [0.29, 0.717) is 22.9 Å². The number of carbonyl (C=O) groups is 2. The molecule has 7 nitrogen and oxygen atoms in total. The fraction of sp³-hybridized carbons (Fsp3) is 0.583. The maximum atomic E-state index is 13.6. The molecule has 2 aromatic rings. The third-order valence-corrected chi connectivity index (χ3v) is 9.08. The molecule has 8 heteroatoms. The van der Waals surface area contributed by atoms with Crippen molar-refractivity contribution in [2.24, 2.45) is 17.3 Å². The van der Waals surface area contributed by atoms with Crippen LogP contribution in [0.4, 0.5) is 0 Å². The van der Waals surface area contributed by atoms with Crippen molar-refractivity contribution in [3.8, 4) is 11.5 Å². The maximum absolute atomic E-state index is 13.6. The predicted octanol–water partition coefficient (Wildman–Crippen LogP) is 3.92. The largest absolute Gasteiger partial charge is 0.478 e. The van der Waals surface area contributed by atoms with Gasteiger partial charge in [-0.2, -0.15) is 4.98 Å². The number of fused-ring (bicyclic) bond motifs is 3. The number of aryl methyl sites for hydroxylation is 1. The molecule has 0 aromatic carbocycles. The van der Waals surface area contributed by atoms with Crippen LogP contribution >= 0.6 is 11.3 Å². The zero-order valence-electron chi connectivity index (χ0n) is 18.1. The number of Topliss-reactive ketones (excluding diaryl/α,β-unsaturated/α-hetero) is 1. The Morgan fingerprint density at radius 3 is 2.47 bits per heavy atom. The second-order valence-electron chi connectivity index (χ2n) is 9.90. The number of allylic oxidation sites excluding steroid dienone is 1. The maximum Gasteiger partial charge on any atom is 0.332 e. The molecule has 168 valence electrons. The number of nitrogens with zero attached hydrogens (tertiary/aromatic N) is 2. The summed E-state index contributed by atoms with van der Waals surface area (Å²) in [5.74, 6) is 0.170.